The number of alkyl halides is 1. The summed E-state index contributed by atoms with van der Waals surface area (Å²) in [5, 5.41) is 13.4. The quantitative estimate of drug-likeness (QED) is 0.642. The number of carbonyl (C=O) groups is 1. The summed E-state index contributed by atoms with van der Waals surface area (Å²) < 4.78 is 35.2. The van der Waals surface area contributed by atoms with Gasteiger partial charge in [0, 0.05) is 5.56 Å². The van der Waals surface area contributed by atoms with Crippen LogP contribution in [0.4, 0.5) is 4.39 Å². The van der Waals surface area contributed by atoms with Crippen LogP contribution in [0.1, 0.15) is 5.56 Å². The summed E-state index contributed by atoms with van der Waals surface area (Å²) in [5.41, 5.74) is 5.35. The summed E-state index contributed by atoms with van der Waals surface area (Å²) in [6.45, 7) is 0. The van der Waals surface area contributed by atoms with Crippen LogP contribution >= 0.6 is 0 Å². The molecule has 1 rings (SSSR count). The molecule has 102 valence electrons. The number of primary sulfonamides is 1. The Balaban J connectivity index is 2.88. The van der Waals surface area contributed by atoms with Gasteiger partial charge >= 0.3 is 5.97 Å². The zero-order valence-electron chi connectivity index (χ0n) is 9.58. The number of carboxylic acids is 1. The first-order valence-corrected chi connectivity index (χ1v) is 6.53. The summed E-state index contributed by atoms with van der Waals surface area (Å²) in [6.07, 6.45) is -2.02. The first-order valence-electron chi connectivity index (χ1n) is 4.98. The molecule has 0 heterocycles. The average Bonchev–Trinajstić information content (AvgIpc) is 2.34. The lowest BCUT2D eigenvalue weighted by Crippen LogP contribution is -2.38. The zero-order valence-corrected chi connectivity index (χ0v) is 10.4. The van der Waals surface area contributed by atoms with Crippen molar-refractivity contribution in [2.24, 2.45) is 10.9 Å². The highest BCUT2D eigenvalue weighted by Gasteiger charge is 2.21. The Morgan fingerprint density at radius 2 is 1.84 bits per heavy atom. The molecule has 0 aliphatic heterocycles. The van der Waals surface area contributed by atoms with E-state index >= 15 is 0 Å². The van der Waals surface area contributed by atoms with Crippen LogP contribution < -0.4 is 10.9 Å². The van der Waals surface area contributed by atoms with Crippen molar-refractivity contribution in [1.29, 1.82) is 0 Å². The van der Waals surface area contributed by atoms with E-state index in [9.17, 15) is 17.6 Å². The number of aliphatic carboxylic acids is 1. The molecular weight excluding hydrogens is 275 g/mol. The molecule has 0 aromatic heterocycles. The highest BCUT2D eigenvalue weighted by atomic mass is 32.2. The van der Waals surface area contributed by atoms with E-state index in [2.05, 4.69) is 5.92 Å². The summed E-state index contributed by atoms with van der Waals surface area (Å²) in [7, 11) is -3.80. The third-order valence-electron chi connectivity index (χ3n) is 2.14. The molecule has 0 spiro atoms. The zero-order chi connectivity index (χ0) is 14.6. The number of carboxylic acid groups (broad SMARTS) is 1. The molecule has 19 heavy (non-hydrogen) atoms. The Morgan fingerprint density at radius 3 is 2.26 bits per heavy atom. The van der Waals surface area contributed by atoms with Crippen LogP contribution in [0.25, 0.3) is 0 Å². The predicted molar refractivity (Wildman–Crippen MR) is 65.2 cm³/mol. The number of sulfonamides is 1. The molecule has 6 nitrogen and oxygen atoms in total. The molecule has 0 fully saturated rings. The summed E-state index contributed by atoms with van der Waals surface area (Å²) in [6, 6.07) is 3.35. The maximum atomic E-state index is 13.2. The van der Waals surface area contributed by atoms with E-state index in [-0.39, 0.29) is 4.90 Å². The van der Waals surface area contributed by atoms with Crippen LogP contribution in [0.2, 0.25) is 0 Å². The largest absolute Gasteiger partial charge is 0.480 e. The molecular formula is C11H11FN2O4S. The molecule has 8 heteroatoms. The van der Waals surface area contributed by atoms with Crippen molar-refractivity contribution in [3.8, 4) is 11.8 Å². The van der Waals surface area contributed by atoms with Gasteiger partial charge < -0.3 is 10.8 Å². The number of halogens is 1. The topological polar surface area (TPSA) is 123 Å². The van der Waals surface area contributed by atoms with Gasteiger partial charge in [0.2, 0.25) is 10.0 Å². The minimum absolute atomic E-state index is 0.0999. The van der Waals surface area contributed by atoms with Crippen molar-refractivity contribution in [2.75, 3.05) is 0 Å². The molecule has 2 atom stereocenters. The third kappa shape index (κ3) is 4.33. The first-order chi connectivity index (χ1) is 8.71. The van der Waals surface area contributed by atoms with E-state index in [4.69, 9.17) is 16.0 Å². The molecule has 5 N–H and O–H groups in total. The standard InChI is InChI=1S/C11H11FN2O4S/c12-9(10(13)11(15)16)6-3-7-1-4-8(5-2-7)19(14,17)18/h1-2,4-5,9-10H,13H2,(H,15,16)(H2,14,17,18)/t9-,10+/m0/s1. The van der Waals surface area contributed by atoms with Crippen molar-refractivity contribution in [2.45, 2.75) is 17.1 Å². The van der Waals surface area contributed by atoms with Gasteiger partial charge in [-0.2, -0.15) is 0 Å². The van der Waals surface area contributed by atoms with Gasteiger partial charge in [0.15, 0.2) is 6.17 Å². The van der Waals surface area contributed by atoms with E-state index in [1.54, 1.807) is 0 Å². The second-order valence-electron chi connectivity index (χ2n) is 3.60. The molecule has 0 aliphatic carbocycles. The van der Waals surface area contributed by atoms with Crippen molar-refractivity contribution >= 4 is 16.0 Å². The van der Waals surface area contributed by atoms with Gasteiger partial charge in [-0.15, -0.1) is 0 Å². The van der Waals surface area contributed by atoms with Crippen LogP contribution in [0.15, 0.2) is 29.2 Å². The van der Waals surface area contributed by atoms with Gasteiger partial charge in [0.1, 0.15) is 6.04 Å². The first kappa shape index (κ1) is 15.1. The predicted octanol–water partition coefficient (Wildman–Crippen LogP) is -0.564. The number of rotatable bonds is 3. The fourth-order valence-electron chi connectivity index (χ4n) is 1.10. The monoisotopic (exact) mass is 286 g/mol. The van der Waals surface area contributed by atoms with Gasteiger partial charge in [0.25, 0.3) is 0 Å². The second-order valence-corrected chi connectivity index (χ2v) is 5.17. The molecule has 0 amide bonds. The van der Waals surface area contributed by atoms with E-state index in [0.29, 0.717) is 5.56 Å². The van der Waals surface area contributed by atoms with Gasteiger partial charge in [-0.25, -0.2) is 17.9 Å². The molecule has 0 saturated carbocycles. The molecule has 0 radical (unpaired) electrons. The summed E-state index contributed by atoms with van der Waals surface area (Å²) >= 11 is 0. The highest BCUT2D eigenvalue weighted by molar-refractivity contribution is 7.89. The SMILES string of the molecule is N[C@@H](C(=O)O)[C@@H](F)C#Cc1ccc(S(N)(=O)=O)cc1. The minimum Gasteiger partial charge on any atom is -0.480 e. The molecule has 0 saturated heterocycles. The van der Waals surface area contributed by atoms with E-state index in [1.807, 2.05) is 5.92 Å². The van der Waals surface area contributed by atoms with Crippen molar-refractivity contribution < 1.29 is 22.7 Å². The molecule has 1 aromatic carbocycles. The van der Waals surface area contributed by atoms with E-state index < -0.39 is 28.2 Å². The fraction of sp³-hybridized carbons (Fsp3) is 0.182. The van der Waals surface area contributed by atoms with Gasteiger partial charge in [0.05, 0.1) is 4.90 Å². The van der Waals surface area contributed by atoms with Crippen molar-refractivity contribution in [3.63, 3.8) is 0 Å². The maximum absolute atomic E-state index is 13.2. The molecule has 1 aromatic rings. The number of hydrogen-bond acceptors (Lipinski definition) is 4. The fourth-order valence-corrected chi connectivity index (χ4v) is 1.61. The Bertz CT molecular complexity index is 631. The minimum atomic E-state index is -3.80. The molecule has 0 bridgehead atoms. The highest BCUT2D eigenvalue weighted by Crippen LogP contribution is 2.08. The number of hydrogen-bond donors (Lipinski definition) is 3. The maximum Gasteiger partial charge on any atom is 0.324 e. The van der Waals surface area contributed by atoms with E-state index in [0.717, 1.165) is 0 Å². The molecule has 0 aliphatic rings. The average molecular weight is 286 g/mol. The molecule has 0 unspecified atom stereocenters. The third-order valence-corrected chi connectivity index (χ3v) is 3.07. The van der Waals surface area contributed by atoms with Gasteiger partial charge in [-0.05, 0) is 24.3 Å². The van der Waals surface area contributed by atoms with Crippen LogP contribution in [0, 0.1) is 11.8 Å². The van der Waals surface area contributed by atoms with Crippen LogP contribution in [-0.2, 0) is 14.8 Å². The Morgan fingerprint density at radius 1 is 1.32 bits per heavy atom. The smallest absolute Gasteiger partial charge is 0.324 e. The van der Waals surface area contributed by atoms with Gasteiger partial charge in [-0.3, -0.25) is 4.79 Å². The Kier molecular flexibility index (Phi) is 4.61. The number of nitrogens with two attached hydrogens (primary N) is 2. The van der Waals surface area contributed by atoms with E-state index in [1.165, 1.54) is 24.3 Å². The second kappa shape index (κ2) is 5.79. The lowest BCUT2D eigenvalue weighted by molar-refractivity contribution is -0.139. The normalized spacial score (nSPS) is 14.1. The Labute approximate surface area is 109 Å². The van der Waals surface area contributed by atoms with Crippen molar-refractivity contribution in [3.05, 3.63) is 29.8 Å². The Hall–Kier alpha value is -1.95. The van der Waals surface area contributed by atoms with Crippen LogP contribution in [0.3, 0.4) is 0 Å². The summed E-state index contributed by atoms with van der Waals surface area (Å²) in [4.78, 5) is 10.3. The lowest BCUT2D eigenvalue weighted by Gasteiger charge is -2.04. The lowest BCUT2D eigenvalue weighted by atomic mass is 10.1. The van der Waals surface area contributed by atoms with Crippen LogP contribution in [-0.4, -0.2) is 31.7 Å². The van der Waals surface area contributed by atoms with Gasteiger partial charge in [-0.1, -0.05) is 11.8 Å². The summed E-state index contributed by atoms with van der Waals surface area (Å²) in [5.74, 6) is 2.90. The van der Waals surface area contributed by atoms with Crippen LogP contribution in [0.5, 0.6) is 0 Å². The number of benzene rings is 1. The van der Waals surface area contributed by atoms with Crippen molar-refractivity contribution in [1.82, 2.24) is 0 Å².